The van der Waals surface area contributed by atoms with E-state index in [1.165, 1.54) is 12.1 Å². The molecule has 2 rings (SSSR count). The largest absolute Gasteiger partial charge is 0.494 e. The quantitative estimate of drug-likeness (QED) is 0.894. The van der Waals surface area contributed by atoms with Crippen molar-refractivity contribution in [1.82, 2.24) is 0 Å². The summed E-state index contributed by atoms with van der Waals surface area (Å²) >= 11 is 0. The van der Waals surface area contributed by atoms with Crippen LogP contribution in [0.4, 0.5) is 4.39 Å². The van der Waals surface area contributed by atoms with Gasteiger partial charge >= 0.3 is 0 Å². The van der Waals surface area contributed by atoms with Crippen LogP contribution in [0.5, 0.6) is 17.2 Å². The summed E-state index contributed by atoms with van der Waals surface area (Å²) in [5.41, 5.74) is 0.515. The average molecular weight is 276 g/mol. The number of aliphatic hydroxyl groups is 1. The lowest BCUT2D eigenvalue weighted by Gasteiger charge is -2.10. The normalized spacial score (nSPS) is 12.0. The van der Waals surface area contributed by atoms with E-state index < -0.39 is 11.9 Å². The van der Waals surface area contributed by atoms with Gasteiger partial charge in [0.1, 0.15) is 11.5 Å². The Morgan fingerprint density at radius 3 is 2.30 bits per heavy atom. The van der Waals surface area contributed by atoms with E-state index >= 15 is 0 Å². The molecule has 0 saturated heterocycles. The highest BCUT2D eigenvalue weighted by atomic mass is 19.1. The molecule has 0 radical (unpaired) electrons. The fourth-order valence-electron chi connectivity index (χ4n) is 1.76. The van der Waals surface area contributed by atoms with Crippen molar-refractivity contribution in [3.63, 3.8) is 0 Å². The van der Waals surface area contributed by atoms with Crippen LogP contribution in [0.1, 0.15) is 25.5 Å². The highest BCUT2D eigenvalue weighted by Crippen LogP contribution is 2.28. The first-order valence-electron chi connectivity index (χ1n) is 6.48. The van der Waals surface area contributed by atoms with Crippen molar-refractivity contribution in [3.8, 4) is 17.2 Å². The minimum Gasteiger partial charge on any atom is -0.494 e. The molecular weight excluding hydrogens is 259 g/mol. The molecule has 0 aliphatic carbocycles. The molecule has 20 heavy (non-hydrogen) atoms. The number of rotatable bonds is 5. The summed E-state index contributed by atoms with van der Waals surface area (Å²) in [5.74, 6) is 0.887. The second kappa shape index (κ2) is 6.39. The van der Waals surface area contributed by atoms with Gasteiger partial charge in [-0.3, -0.25) is 0 Å². The topological polar surface area (TPSA) is 38.7 Å². The third-order valence-electron chi connectivity index (χ3n) is 2.80. The molecule has 2 aromatic rings. The van der Waals surface area contributed by atoms with Crippen molar-refractivity contribution in [3.05, 3.63) is 53.8 Å². The smallest absolute Gasteiger partial charge is 0.166 e. The molecule has 0 aliphatic rings. The predicted molar refractivity (Wildman–Crippen MR) is 74.7 cm³/mol. The summed E-state index contributed by atoms with van der Waals surface area (Å²) in [6.45, 7) is 4.08. The van der Waals surface area contributed by atoms with Gasteiger partial charge < -0.3 is 14.6 Å². The first-order chi connectivity index (χ1) is 9.60. The van der Waals surface area contributed by atoms with Crippen LogP contribution in [-0.2, 0) is 0 Å². The van der Waals surface area contributed by atoms with Gasteiger partial charge in [-0.05, 0) is 55.8 Å². The molecule has 2 aromatic carbocycles. The van der Waals surface area contributed by atoms with Crippen LogP contribution in [0.25, 0.3) is 0 Å². The van der Waals surface area contributed by atoms with Crippen molar-refractivity contribution in [2.45, 2.75) is 20.0 Å². The molecule has 1 N–H and O–H groups in total. The van der Waals surface area contributed by atoms with Gasteiger partial charge in [0.2, 0.25) is 0 Å². The Morgan fingerprint density at radius 1 is 1.10 bits per heavy atom. The summed E-state index contributed by atoms with van der Waals surface area (Å²) in [6, 6.07) is 11.4. The van der Waals surface area contributed by atoms with Crippen molar-refractivity contribution >= 4 is 0 Å². The summed E-state index contributed by atoms with van der Waals surface area (Å²) in [7, 11) is 0. The first-order valence-corrected chi connectivity index (χ1v) is 6.48. The molecule has 0 amide bonds. The highest BCUT2D eigenvalue weighted by molar-refractivity contribution is 5.37. The van der Waals surface area contributed by atoms with Crippen LogP contribution in [0, 0.1) is 5.82 Å². The Hall–Kier alpha value is -2.07. The summed E-state index contributed by atoms with van der Waals surface area (Å²) in [5, 5.41) is 9.39. The Labute approximate surface area is 117 Å². The van der Waals surface area contributed by atoms with Crippen LogP contribution in [0.2, 0.25) is 0 Å². The molecule has 106 valence electrons. The minimum atomic E-state index is -0.705. The molecular formula is C16H17FO3. The van der Waals surface area contributed by atoms with Crippen molar-refractivity contribution < 1.29 is 19.0 Å². The maximum Gasteiger partial charge on any atom is 0.166 e. The standard InChI is InChI=1S/C16H17FO3/c1-3-19-13-5-7-14(8-6-13)20-16-9-4-12(11(2)18)10-15(16)17/h4-11,18H,3H2,1-2H3/t11-/m0/s1. The Morgan fingerprint density at radius 2 is 1.75 bits per heavy atom. The maximum absolute atomic E-state index is 13.8. The monoisotopic (exact) mass is 276 g/mol. The van der Waals surface area contributed by atoms with Crippen LogP contribution in [-0.4, -0.2) is 11.7 Å². The lowest BCUT2D eigenvalue weighted by Crippen LogP contribution is -1.95. The van der Waals surface area contributed by atoms with Gasteiger partial charge in [-0.25, -0.2) is 4.39 Å². The van der Waals surface area contributed by atoms with Crippen molar-refractivity contribution in [2.75, 3.05) is 6.61 Å². The van der Waals surface area contributed by atoms with Gasteiger partial charge in [0.05, 0.1) is 12.7 Å². The lowest BCUT2D eigenvalue weighted by atomic mass is 10.1. The van der Waals surface area contributed by atoms with E-state index in [1.807, 2.05) is 6.92 Å². The van der Waals surface area contributed by atoms with Gasteiger partial charge in [-0.15, -0.1) is 0 Å². The second-order valence-corrected chi connectivity index (χ2v) is 4.37. The zero-order valence-corrected chi connectivity index (χ0v) is 11.5. The number of halogens is 1. The minimum absolute atomic E-state index is 0.124. The van der Waals surface area contributed by atoms with Crippen molar-refractivity contribution in [1.29, 1.82) is 0 Å². The highest BCUT2D eigenvalue weighted by Gasteiger charge is 2.09. The zero-order chi connectivity index (χ0) is 14.5. The second-order valence-electron chi connectivity index (χ2n) is 4.37. The number of benzene rings is 2. The summed E-state index contributed by atoms with van der Waals surface area (Å²) in [4.78, 5) is 0. The average Bonchev–Trinajstić information content (AvgIpc) is 2.43. The maximum atomic E-state index is 13.8. The van der Waals surface area contributed by atoms with E-state index in [1.54, 1.807) is 37.3 Å². The molecule has 3 nitrogen and oxygen atoms in total. The third kappa shape index (κ3) is 3.48. The van der Waals surface area contributed by atoms with Crippen molar-refractivity contribution in [2.24, 2.45) is 0 Å². The fourth-order valence-corrected chi connectivity index (χ4v) is 1.76. The molecule has 4 heteroatoms. The summed E-state index contributed by atoms with van der Waals surface area (Å²) in [6.07, 6.45) is -0.705. The van der Waals surface area contributed by atoms with E-state index in [0.29, 0.717) is 17.9 Å². The molecule has 1 atom stereocenters. The molecule has 0 aliphatic heterocycles. The van der Waals surface area contributed by atoms with Crippen LogP contribution in [0.15, 0.2) is 42.5 Å². The van der Waals surface area contributed by atoms with E-state index in [9.17, 15) is 9.50 Å². The zero-order valence-electron chi connectivity index (χ0n) is 11.5. The fraction of sp³-hybridized carbons (Fsp3) is 0.250. The molecule has 0 spiro atoms. The Balaban J connectivity index is 2.13. The third-order valence-corrected chi connectivity index (χ3v) is 2.80. The van der Waals surface area contributed by atoms with Gasteiger partial charge in [0.15, 0.2) is 11.6 Å². The van der Waals surface area contributed by atoms with Crippen LogP contribution in [0.3, 0.4) is 0 Å². The SMILES string of the molecule is CCOc1ccc(Oc2ccc([C@H](C)O)cc2F)cc1. The molecule has 0 fully saturated rings. The molecule has 0 unspecified atom stereocenters. The lowest BCUT2D eigenvalue weighted by molar-refractivity contribution is 0.198. The van der Waals surface area contributed by atoms with Gasteiger partial charge in [0, 0.05) is 0 Å². The van der Waals surface area contributed by atoms with Gasteiger partial charge in [-0.1, -0.05) is 6.07 Å². The predicted octanol–water partition coefficient (Wildman–Crippen LogP) is 4.07. The van der Waals surface area contributed by atoms with E-state index in [4.69, 9.17) is 9.47 Å². The van der Waals surface area contributed by atoms with Gasteiger partial charge in [0.25, 0.3) is 0 Å². The van der Waals surface area contributed by atoms with Gasteiger partial charge in [-0.2, -0.15) is 0 Å². The number of ether oxygens (including phenoxy) is 2. The van der Waals surface area contributed by atoms with E-state index in [0.717, 1.165) is 5.75 Å². The van der Waals surface area contributed by atoms with Crippen LogP contribution < -0.4 is 9.47 Å². The number of hydrogen-bond acceptors (Lipinski definition) is 3. The Kier molecular flexibility index (Phi) is 4.58. The molecule has 0 aromatic heterocycles. The number of aliphatic hydroxyl groups excluding tert-OH is 1. The van der Waals surface area contributed by atoms with E-state index in [-0.39, 0.29) is 5.75 Å². The molecule has 0 bridgehead atoms. The molecule has 0 saturated carbocycles. The van der Waals surface area contributed by atoms with Crippen LogP contribution >= 0.6 is 0 Å². The molecule has 0 heterocycles. The Bertz CT molecular complexity index is 564. The summed E-state index contributed by atoms with van der Waals surface area (Å²) < 4.78 is 24.6. The van der Waals surface area contributed by atoms with E-state index in [2.05, 4.69) is 0 Å². The number of hydrogen-bond donors (Lipinski definition) is 1. The first kappa shape index (κ1) is 14.3.